The van der Waals surface area contributed by atoms with Crippen molar-refractivity contribution in [2.24, 2.45) is 5.92 Å². The molecule has 1 saturated heterocycles. The Morgan fingerprint density at radius 2 is 2.24 bits per heavy atom. The van der Waals surface area contributed by atoms with Gasteiger partial charge >= 0.3 is 5.97 Å². The van der Waals surface area contributed by atoms with Gasteiger partial charge < -0.3 is 15.1 Å². The van der Waals surface area contributed by atoms with Crippen LogP contribution < -0.4 is 4.90 Å². The van der Waals surface area contributed by atoms with Crippen LogP contribution in [0.4, 0.5) is 15.8 Å². The quantitative estimate of drug-likeness (QED) is 0.647. The van der Waals surface area contributed by atoms with Crippen molar-refractivity contribution in [3.63, 3.8) is 0 Å². The average Bonchev–Trinajstić information content (AvgIpc) is 2.78. The molecular weight excluding hydrogens is 283 g/mol. The van der Waals surface area contributed by atoms with Crippen molar-refractivity contribution < 1.29 is 24.3 Å². The number of benzene rings is 1. The van der Waals surface area contributed by atoms with Crippen molar-refractivity contribution in [2.45, 2.75) is 19.4 Å². The van der Waals surface area contributed by atoms with E-state index in [4.69, 9.17) is 5.11 Å². The van der Waals surface area contributed by atoms with Crippen LogP contribution in [0.25, 0.3) is 0 Å². The highest BCUT2D eigenvalue weighted by molar-refractivity contribution is 5.93. The van der Waals surface area contributed by atoms with E-state index in [1.165, 1.54) is 0 Å². The van der Waals surface area contributed by atoms with Crippen molar-refractivity contribution in [2.75, 3.05) is 18.1 Å². The van der Waals surface area contributed by atoms with Gasteiger partial charge in [0.05, 0.1) is 29.3 Å². The Labute approximate surface area is 119 Å². The number of nitro benzene ring substituents is 1. The van der Waals surface area contributed by atoms with E-state index in [1.807, 2.05) is 6.92 Å². The molecule has 2 atom stereocenters. The summed E-state index contributed by atoms with van der Waals surface area (Å²) in [4.78, 5) is 22.6. The van der Waals surface area contributed by atoms with Crippen molar-refractivity contribution in [1.82, 2.24) is 0 Å². The van der Waals surface area contributed by atoms with E-state index in [-0.39, 0.29) is 24.3 Å². The Kier molecular flexibility index (Phi) is 4.08. The third-order valence-corrected chi connectivity index (χ3v) is 3.87. The van der Waals surface area contributed by atoms with E-state index in [2.05, 4.69) is 0 Å². The first-order valence-electron chi connectivity index (χ1n) is 6.45. The fraction of sp³-hybridized carbons (Fsp3) is 0.462. The van der Waals surface area contributed by atoms with Crippen molar-refractivity contribution >= 4 is 17.3 Å². The first-order valence-corrected chi connectivity index (χ1v) is 6.45. The van der Waals surface area contributed by atoms with Gasteiger partial charge in [0.2, 0.25) is 0 Å². The minimum absolute atomic E-state index is 0.0265. The van der Waals surface area contributed by atoms with Gasteiger partial charge in [0.15, 0.2) is 5.82 Å². The lowest BCUT2D eigenvalue weighted by atomic mass is 10.0. The molecule has 1 aliphatic heterocycles. The molecule has 1 aliphatic rings. The number of nitro groups is 1. The van der Waals surface area contributed by atoms with Crippen LogP contribution in [0.1, 0.15) is 23.7 Å². The average molecular weight is 298 g/mol. The Bertz CT molecular complexity index is 592. The van der Waals surface area contributed by atoms with Crippen molar-refractivity contribution in [3.8, 4) is 0 Å². The summed E-state index contributed by atoms with van der Waals surface area (Å²) in [7, 11) is 0. The predicted molar refractivity (Wildman–Crippen MR) is 72.0 cm³/mol. The Hall–Kier alpha value is -2.22. The standard InChI is InChI=1S/C13H15FN2O5/c1-7-2-3-15(12(7)6-17)11-4-8(13(18)19)10(16(20)21)5-9(11)14/h4-5,7,12,17H,2-3,6H2,1H3,(H,18,19). The minimum Gasteiger partial charge on any atom is -0.477 e. The Morgan fingerprint density at radius 3 is 2.76 bits per heavy atom. The molecule has 8 heteroatoms. The van der Waals surface area contributed by atoms with Crippen molar-refractivity contribution in [3.05, 3.63) is 33.6 Å². The number of carboxylic acids is 1. The molecule has 0 aliphatic carbocycles. The van der Waals surface area contributed by atoms with E-state index in [9.17, 15) is 24.4 Å². The minimum atomic E-state index is -1.49. The molecule has 0 saturated carbocycles. The number of nitrogens with zero attached hydrogens (tertiary/aromatic N) is 2. The second-order valence-electron chi connectivity index (χ2n) is 5.09. The zero-order chi connectivity index (χ0) is 15.7. The predicted octanol–water partition coefficient (Wildman–Crippen LogP) is 1.64. The summed E-state index contributed by atoms with van der Waals surface area (Å²) in [6.07, 6.45) is 0.726. The lowest BCUT2D eigenvalue weighted by Crippen LogP contribution is -2.35. The molecule has 0 radical (unpaired) electrons. The molecule has 0 bridgehead atoms. The molecule has 0 amide bonds. The molecule has 2 rings (SSSR count). The maximum absolute atomic E-state index is 14.1. The topological polar surface area (TPSA) is 104 Å². The number of hydrogen-bond acceptors (Lipinski definition) is 5. The number of halogens is 1. The van der Waals surface area contributed by atoms with E-state index < -0.39 is 28.0 Å². The lowest BCUT2D eigenvalue weighted by molar-refractivity contribution is -0.385. The van der Waals surface area contributed by atoms with Gasteiger partial charge in [-0.2, -0.15) is 0 Å². The maximum atomic E-state index is 14.1. The van der Waals surface area contributed by atoms with Crippen LogP contribution >= 0.6 is 0 Å². The zero-order valence-electron chi connectivity index (χ0n) is 11.3. The molecule has 1 fully saturated rings. The van der Waals surface area contributed by atoms with E-state index in [0.717, 1.165) is 12.5 Å². The molecule has 2 N–H and O–H groups in total. The van der Waals surface area contributed by atoms with Gasteiger partial charge in [-0.15, -0.1) is 0 Å². The molecule has 21 heavy (non-hydrogen) atoms. The van der Waals surface area contributed by atoms with Gasteiger partial charge in [0.1, 0.15) is 5.56 Å². The summed E-state index contributed by atoms with van der Waals surface area (Å²) in [5.74, 6) is -2.23. The smallest absolute Gasteiger partial charge is 0.342 e. The summed E-state index contributed by atoms with van der Waals surface area (Å²) in [6.45, 7) is 2.17. The number of carbonyl (C=O) groups is 1. The molecule has 114 valence electrons. The number of aliphatic hydroxyl groups is 1. The molecule has 7 nitrogen and oxygen atoms in total. The van der Waals surface area contributed by atoms with Gasteiger partial charge in [-0.05, 0) is 18.4 Å². The molecule has 1 aromatic rings. The molecular formula is C13H15FN2O5. The van der Waals surface area contributed by atoms with Crippen LogP contribution in [0.5, 0.6) is 0 Å². The van der Waals surface area contributed by atoms with Crippen LogP contribution in [0, 0.1) is 21.8 Å². The van der Waals surface area contributed by atoms with Crippen LogP contribution in [0.3, 0.4) is 0 Å². The number of hydrogen-bond donors (Lipinski definition) is 2. The molecule has 0 aromatic heterocycles. The van der Waals surface area contributed by atoms with Gasteiger partial charge in [-0.25, -0.2) is 9.18 Å². The third-order valence-electron chi connectivity index (χ3n) is 3.87. The third kappa shape index (κ3) is 2.66. The number of aromatic carboxylic acids is 1. The van der Waals surface area contributed by atoms with Gasteiger partial charge in [-0.3, -0.25) is 10.1 Å². The van der Waals surface area contributed by atoms with E-state index in [0.29, 0.717) is 12.6 Å². The normalized spacial score (nSPS) is 21.6. The summed E-state index contributed by atoms with van der Waals surface area (Å²) in [5.41, 5.74) is -1.37. The second kappa shape index (κ2) is 5.65. The SMILES string of the molecule is CC1CCN(c2cc(C(=O)O)c([N+](=O)[O-])cc2F)C1CO. The zero-order valence-corrected chi connectivity index (χ0v) is 11.3. The Balaban J connectivity index is 2.52. The highest BCUT2D eigenvalue weighted by Gasteiger charge is 2.34. The number of anilines is 1. The van der Waals surface area contributed by atoms with Gasteiger partial charge in [0.25, 0.3) is 5.69 Å². The highest BCUT2D eigenvalue weighted by atomic mass is 19.1. The molecule has 1 aromatic carbocycles. The Morgan fingerprint density at radius 1 is 1.57 bits per heavy atom. The van der Waals surface area contributed by atoms with Crippen LogP contribution in [-0.4, -0.2) is 40.3 Å². The number of carboxylic acid groups (broad SMARTS) is 1. The van der Waals surface area contributed by atoms with Gasteiger partial charge in [-0.1, -0.05) is 6.92 Å². The highest BCUT2D eigenvalue weighted by Crippen LogP contribution is 2.34. The molecule has 0 spiro atoms. The largest absolute Gasteiger partial charge is 0.477 e. The van der Waals surface area contributed by atoms with E-state index >= 15 is 0 Å². The first kappa shape index (κ1) is 15.2. The maximum Gasteiger partial charge on any atom is 0.342 e. The fourth-order valence-corrected chi connectivity index (χ4v) is 2.68. The second-order valence-corrected chi connectivity index (χ2v) is 5.09. The fourth-order valence-electron chi connectivity index (χ4n) is 2.68. The van der Waals surface area contributed by atoms with Crippen LogP contribution in [0.15, 0.2) is 12.1 Å². The monoisotopic (exact) mass is 298 g/mol. The number of rotatable bonds is 4. The molecule has 2 unspecified atom stereocenters. The number of aliphatic hydroxyl groups excluding tert-OH is 1. The van der Waals surface area contributed by atoms with Crippen LogP contribution in [-0.2, 0) is 0 Å². The summed E-state index contributed by atoms with van der Waals surface area (Å²) >= 11 is 0. The molecule has 1 heterocycles. The lowest BCUT2D eigenvalue weighted by Gasteiger charge is -2.27. The summed E-state index contributed by atoms with van der Waals surface area (Å²) < 4.78 is 14.1. The van der Waals surface area contributed by atoms with Crippen LogP contribution in [0.2, 0.25) is 0 Å². The van der Waals surface area contributed by atoms with Crippen molar-refractivity contribution in [1.29, 1.82) is 0 Å². The van der Waals surface area contributed by atoms with E-state index in [1.54, 1.807) is 4.90 Å². The first-order chi connectivity index (χ1) is 9.86. The summed E-state index contributed by atoms with van der Waals surface area (Å²) in [6, 6.07) is 1.26. The summed E-state index contributed by atoms with van der Waals surface area (Å²) in [5, 5.41) is 29.3. The van der Waals surface area contributed by atoms with Gasteiger partial charge in [0, 0.05) is 6.54 Å².